The van der Waals surface area contributed by atoms with Gasteiger partial charge in [-0.15, -0.1) is 0 Å². The highest BCUT2D eigenvalue weighted by Gasteiger charge is 2.19. The highest BCUT2D eigenvalue weighted by Crippen LogP contribution is 2.24. The van der Waals surface area contributed by atoms with Gasteiger partial charge in [0.1, 0.15) is 5.82 Å². The lowest BCUT2D eigenvalue weighted by Gasteiger charge is -2.24. The fourth-order valence-electron chi connectivity index (χ4n) is 1.74. The van der Waals surface area contributed by atoms with Gasteiger partial charge in [-0.1, -0.05) is 25.4 Å². The Bertz CT molecular complexity index is 336. The summed E-state index contributed by atoms with van der Waals surface area (Å²) in [6, 6.07) is 4.70. The van der Waals surface area contributed by atoms with E-state index in [2.05, 4.69) is 19.2 Å². The predicted molar refractivity (Wildman–Crippen MR) is 62.8 cm³/mol. The van der Waals surface area contributed by atoms with E-state index in [9.17, 15) is 4.39 Å². The molecule has 0 fully saturated rings. The third-order valence-corrected chi connectivity index (χ3v) is 2.57. The summed E-state index contributed by atoms with van der Waals surface area (Å²) in [7, 11) is 1.90. The predicted octanol–water partition coefficient (Wildman–Crippen LogP) is 3.27. The second kappa shape index (κ2) is 4.95. The molecule has 1 aromatic rings. The van der Waals surface area contributed by atoms with Crippen molar-refractivity contribution in [2.24, 2.45) is 5.41 Å². The van der Waals surface area contributed by atoms with Crippen LogP contribution in [0.3, 0.4) is 0 Å². The summed E-state index contributed by atoms with van der Waals surface area (Å²) in [5, 5.41) is 3.70. The van der Waals surface area contributed by atoms with Gasteiger partial charge in [0.15, 0.2) is 0 Å². The summed E-state index contributed by atoms with van der Waals surface area (Å²) in [5.74, 6) is -0.177. The molecule has 0 atom stereocenters. The number of hydrogen-bond acceptors (Lipinski definition) is 1. The number of benzene rings is 1. The van der Waals surface area contributed by atoms with Crippen molar-refractivity contribution in [1.82, 2.24) is 5.32 Å². The van der Waals surface area contributed by atoms with E-state index in [1.165, 1.54) is 6.07 Å². The Kier molecular flexibility index (Phi) is 4.12. The van der Waals surface area contributed by atoms with Gasteiger partial charge in [0.05, 0.1) is 0 Å². The molecule has 0 aliphatic heterocycles. The van der Waals surface area contributed by atoms with Gasteiger partial charge in [0, 0.05) is 11.6 Å². The van der Waals surface area contributed by atoms with E-state index < -0.39 is 0 Å². The smallest absolute Gasteiger partial charge is 0.126 e. The second-order valence-corrected chi connectivity index (χ2v) is 5.04. The summed E-state index contributed by atoms with van der Waals surface area (Å²) < 4.78 is 13.5. The molecule has 0 spiro atoms. The third-order valence-electron chi connectivity index (χ3n) is 2.33. The maximum atomic E-state index is 13.5. The topological polar surface area (TPSA) is 12.0 Å². The van der Waals surface area contributed by atoms with Gasteiger partial charge in [0.25, 0.3) is 0 Å². The Morgan fingerprint density at radius 2 is 2.07 bits per heavy atom. The van der Waals surface area contributed by atoms with Crippen molar-refractivity contribution in [3.8, 4) is 0 Å². The maximum absolute atomic E-state index is 13.5. The molecule has 0 radical (unpaired) electrons. The van der Waals surface area contributed by atoms with Gasteiger partial charge >= 0.3 is 0 Å². The minimum atomic E-state index is -0.177. The first-order valence-corrected chi connectivity index (χ1v) is 5.41. The van der Waals surface area contributed by atoms with Gasteiger partial charge in [-0.3, -0.25) is 0 Å². The van der Waals surface area contributed by atoms with Gasteiger partial charge in [-0.05, 0) is 42.6 Å². The van der Waals surface area contributed by atoms with Crippen LogP contribution in [-0.2, 0) is 6.42 Å². The molecule has 84 valence electrons. The maximum Gasteiger partial charge on any atom is 0.126 e. The molecule has 0 saturated carbocycles. The third kappa shape index (κ3) is 3.80. The lowest BCUT2D eigenvalue weighted by Crippen LogP contribution is -2.29. The quantitative estimate of drug-likeness (QED) is 0.836. The lowest BCUT2D eigenvalue weighted by atomic mass is 9.85. The molecule has 1 N–H and O–H groups in total. The van der Waals surface area contributed by atoms with Gasteiger partial charge in [-0.25, -0.2) is 4.39 Å². The molecule has 15 heavy (non-hydrogen) atoms. The highest BCUT2D eigenvalue weighted by atomic mass is 35.5. The van der Waals surface area contributed by atoms with Crippen molar-refractivity contribution >= 4 is 11.6 Å². The monoisotopic (exact) mass is 229 g/mol. The van der Waals surface area contributed by atoms with Crippen molar-refractivity contribution < 1.29 is 4.39 Å². The van der Waals surface area contributed by atoms with Crippen LogP contribution in [0.2, 0.25) is 5.02 Å². The van der Waals surface area contributed by atoms with Crippen LogP contribution >= 0.6 is 11.6 Å². The molecule has 1 nitrogen and oxygen atoms in total. The zero-order chi connectivity index (χ0) is 11.5. The Morgan fingerprint density at radius 1 is 1.40 bits per heavy atom. The van der Waals surface area contributed by atoms with E-state index in [0.717, 1.165) is 6.54 Å². The number of hydrogen-bond donors (Lipinski definition) is 1. The van der Waals surface area contributed by atoms with E-state index in [4.69, 9.17) is 11.6 Å². The number of halogens is 2. The minimum absolute atomic E-state index is 0.0280. The highest BCUT2D eigenvalue weighted by molar-refractivity contribution is 6.30. The molecule has 0 unspecified atom stereocenters. The van der Waals surface area contributed by atoms with Crippen LogP contribution in [0.15, 0.2) is 18.2 Å². The molecule has 0 aliphatic rings. The molecule has 3 heteroatoms. The first-order valence-electron chi connectivity index (χ1n) is 5.03. The molecule has 0 heterocycles. The number of nitrogens with one attached hydrogen (secondary N) is 1. The zero-order valence-electron chi connectivity index (χ0n) is 9.40. The summed E-state index contributed by atoms with van der Waals surface area (Å²) in [6.45, 7) is 5.05. The van der Waals surface area contributed by atoms with E-state index >= 15 is 0 Å². The number of rotatable bonds is 4. The van der Waals surface area contributed by atoms with Crippen LogP contribution in [0.25, 0.3) is 0 Å². The van der Waals surface area contributed by atoms with E-state index in [1.54, 1.807) is 12.1 Å². The molecule has 0 amide bonds. The van der Waals surface area contributed by atoms with Crippen LogP contribution < -0.4 is 5.32 Å². The first kappa shape index (κ1) is 12.5. The average Bonchev–Trinajstić information content (AvgIpc) is 2.10. The fourth-order valence-corrected chi connectivity index (χ4v) is 1.93. The Labute approximate surface area is 95.6 Å². The lowest BCUT2D eigenvalue weighted by molar-refractivity contribution is 0.344. The molecular formula is C12H17ClFN. The van der Waals surface area contributed by atoms with Crippen LogP contribution in [0.4, 0.5) is 4.39 Å². The molecule has 0 saturated heterocycles. The summed E-state index contributed by atoms with van der Waals surface area (Å²) in [4.78, 5) is 0. The summed E-state index contributed by atoms with van der Waals surface area (Å²) in [6.07, 6.45) is 0.681. The normalized spacial score (nSPS) is 11.8. The van der Waals surface area contributed by atoms with E-state index in [0.29, 0.717) is 17.0 Å². The average molecular weight is 230 g/mol. The van der Waals surface area contributed by atoms with Crippen molar-refractivity contribution in [2.45, 2.75) is 20.3 Å². The second-order valence-electron chi connectivity index (χ2n) is 4.61. The van der Waals surface area contributed by atoms with Gasteiger partial charge in [-0.2, -0.15) is 0 Å². The first-order chi connectivity index (χ1) is 6.94. The molecule has 1 aromatic carbocycles. The Morgan fingerprint density at radius 3 is 2.67 bits per heavy atom. The van der Waals surface area contributed by atoms with Crippen LogP contribution in [0.1, 0.15) is 19.4 Å². The Balaban J connectivity index is 2.83. The van der Waals surface area contributed by atoms with Crippen molar-refractivity contribution in [2.75, 3.05) is 13.6 Å². The van der Waals surface area contributed by atoms with Crippen molar-refractivity contribution in [1.29, 1.82) is 0 Å². The minimum Gasteiger partial charge on any atom is -0.319 e. The fraction of sp³-hybridized carbons (Fsp3) is 0.500. The van der Waals surface area contributed by atoms with Gasteiger partial charge in [0.2, 0.25) is 0 Å². The molecule has 1 rings (SSSR count). The van der Waals surface area contributed by atoms with Crippen LogP contribution in [0, 0.1) is 11.2 Å². The van der Waals surface area contributed by atoms with E-state index in [1.807, 2.05) is 7.05 Å². The summed E-state index contributed by atoms with van der Waals surface area (Å²) >= 11 is 5.84. The van der Waals surface area contributed by atoms with Crippen LogP contribution in [0.5, 0.6) is 0 Å². The van der Waals surface area contributed by atoms with Crippen LogP contribution in [-0.4, -0.2) is 13.6 Å². The summed E-state index contributed by atoms with van der Waals surface area (Å²) in [5.41, 5.74) is 0.711. The standard InChI is InChI=1S/C12H17ClFN/c1-12(2,8-15-3)7-9-6-10(13)4-5-11(9)14/h4-6,15H,7-8H2,1-3H3. The SMILES string of the molecule is CNCC(C)(C)Cc1cc(Cl)ccc1F. The Hall–Kier alpha value is -0.600. The van der Waals surface area contributed by atoms with Crippen molar-refractivity contribution in [3.05, 3.63) is 34.6 Å². The molecule has 0 aliphatic carbocycles. The molecule has 0 bridgehead atoms. The molecular weight excluding hydrogens is 213 g/mol. The largest absolute Gasteiger partial charge is 0.319 e. The van der Waals surface area contributed by atoms with Crippen molar-refractivity contribution in [3.63, 3.8) is 0 Å². The van der Waals surface area contributed by atoms with E-state index in [-0.39, 0.29) is 11.2 Å². The van der Waals surface area contributed by atoms with Gasteiger partial charge < -0.3 is 5.32 Å². The molecule has 0 aromatic heterocycles. The zero-order valence-corrected chi connectivity index (χ0v) is 10.2.